The lowest BCUT2D eigenvalue weighted by molar-refractivity contribution is 0.306. The van der Waals surface area contributed by atoms with Crippen LogP contribution in [0.2, 0.25) is 0 Å². The molecule has 48 heavy (non-hydrogen) atoms. The SMILES string of the molecule is C=Cc1ccc(COc2ccc(/C(=C(/c3ccccc3)c3ccc(C(=C(C#N)C#N)c4ccccc4)cc3)c3ccccc3)cc2)cc1. The molecule has 0 heterocycles. The molecular formula is C45H32N2O. The van der Waals surface area contributed by atoms with Gasteiger partial charge in [-0.3, -0.25) is 0 Å². The third-order valence-corrected chi connectivity index (χ3v) is 8.14. The van der Waals surface area contributed by atoms with Crippen LogP contribution in [0, 0.1) is 22.7 Å². The zero-order valence-electron chi connectivity index (χ0n) is 26.4. The van der Waals surface area contributed by atoms with Crippen molar-refractivity contribution in [3.05, 3.63) is 220 Å². The smallest absolute Gasteiger partial charge is 0.138 e. The second-order valence-corrected chi connectivity index (χ2v) is 11.2. The monoisotopic (exact) mass is 616 g/mol. The Bertz CT molecular complexity index is 2130. The summed E-state index contributed by atoms with van der Waals surface area (Å²) in [6.45, 7) is 4.30. The predicted molar refractivity (Wildman–Crippen MR) is 195 cm³/mol. The number of nitriles is 2. The first-order valence-electron chi connectivity index (χ1n) is 15.7. The largest absolute Gasteiger partial charge is 0.489 e. The zero-order valence-corrected chi connectivity index (χ0v) is 26.4. The summed E-state index contributed by atoms with van der Waals surface area (Å²) in [5, 5.41) is 19.6. The lowest BCUT2D eigenvalue weighted by Crippen LogP contribution is -1.99. The van der Waals surface area contributed by atoms with Gasteiger partial charge in [0.15, 0.2) is 0 Å². The summed E-state index contributed by atoms with van der Waals surface area (Å²) in [5.41, 5.74) is 10.8. The Morgan fingerprint density at radius 3 is 1.27 bits per heavy atom. The lowest BCUT2D eigenvalue weighted by Gasteiger charge is -2.19. The maximum Gasteiger partial charge on any atom is 0.138 e. The molecule has 0 amide bonds. The predicted octanol–water partition coefficient (Wildman–Crippen LogP) is 10.8. The van der Waals surface area contributed by atoms with E-state index in [2.05, 4.69) is 91.5 Å². The van der Waals surface area contributed by atoms with E-state index in [-0.39, 0.29) is 5.57 Å². The van der Waals surface area contributed by atoms with E-state index >= 15 is 0 Å². The summed E-state index contributed by atoms with van der Waals surface area (Å²) in [5.74, 6) is 0.788. The van der Waals surface area contributed by atoms with Gasteiger partial charge in [-0.2, -0.15) is 10.5 Å². The highest BCUT2D eigenvalue weighted by Crippen LogP contribution is 2.38. The number of hydrogen-bond acceptors (Lipinski definition) is 3. The van der Waals surface area contributed by atoms with Crippen molar-refractivity contribution in [3.8, 4) is 17.9 Å². The van der Waals surface area contributed by atoms with E-state index in [1.807, 2.05) is 97.1 Å². The quantitative estimate of drug-likeness (QED) is 0.114. The highest BCUT2D eigenvalue weighted by molar-refractivity contribution is 6.04. The molecule has 0 N–H and O–H groups in total. The number of allylic oxidation sites excluding steroid dienone is 1. The topological polar surface area (TPSA) is 56.8 Å². The maximum atomic E-state index is 9.82. The van der Waals surface area contributed by atoms with Crippen LogP contribution in [0.4, 0.5) is 0 Å². The second kappa shape index (κ2) is 15.1. The van der Waals surface area contributed by atoms with Crippen molar-refractivity contribution in [2.75, 3.05) is 0 Å². The molecule has 0 aromatic heterocycles. The Kier molecular flexibility index (Phi) is 9.83. The van der Waals surface area contributed by atoms with Gasteiger partial charge >= 0.3 is 0 Å². The fourth-order valence-electron chi connectivity index (χ4n) is 5.76. The number of ether oxygens (including phenoxy) is 1. The number of benzene rings is 6. The van der Waals surface area contributed by atoms with Crippen molar-refractivity contribution in [2.24, 2.45) is 0 Å². The number of rotatable bonds is 10. The zero-order chi connectivity index (χ0) is 33.1. The molecule has 0 atom stereocenters. The van der Waals surface area contributed by atoms with Crippen LogP contribution in [0.5, 0.6) is 5.75 Å². The molecule has 6 rings (SSSR count). The average molecular weight is 617 g/mol. The van der Waals surface area contributed by atoms with Crippen LogP contribution in [0.3, 0.4) is 0 Å². The van der Waals surface area contributed by atoms with Crippen molar-refractivity contribution in [1.82, 2.24) is 0 Å². The Labute approximate surface area is 282 Å². The Morgan fingerprint density at radius 1 is 0.479 bits per heavy atom. The normalized spacial score (nSPS) is 11.0. The van der Waals surface area contributed by atoms with Gasteiger partial charge in [0.2, 0.25) is 0 Å². The molecule has 3 heteroatoms. The Morgan fingerprint density at radius 2 is 0.854 bits per heavy atom. The summed E-state index contributed by atoms with van der Waals surface area (Å²) in [6, 6.07) is 59.1. The van der Waals surface area contributed by atoms with Crippen LogP contribution >= 0.6 is 0 Å². The summed E-state index contributed by atoms with van der Waals surface area (Å²) >= 11 is 0. The van der Waals surface area contributed by atoms with Crippen LogP contribution in [-0.4, -0.2) is 0 Å². The first kappa shape index (κ1) is 31.3. The van der Waals surface area contributed by atoms with Crippen LogP contribution < -0.4 is 4.74 Å². The maximum absolute atomic E-state index is 9.82. The second-order valence-electron chi connectivity index (χ2n) is 11.2. The van der Waals surface area contributed by atoms with E-state index in [4.69, 9.17) is 4.74 Å². The van der Waals surface area contributed by atoms with E-state index in [0.29, 0.717) is 12.2 Å². The van der Waals surface area contributed by atoms with Crippen LogP contribution in [-0.2, 0) is 6.61 Å². The molecule has 6 aromatic rings. The molecule has 0 radical (unpaired) electrons. The van der Waals surface area contributed by atoms with E-state index in [1.54, 1.807) is 0 Å². The molecule has 6 aromatic carbocycles. The molecular weight excluding hydrogens is 585 g/mol. The van der Waals surface area contributed by atoms with Gasteiger partial charge in [0, 0.05) is 5.57 Å². The van der Waals surface area contributed by atoms with Gasteiger partial charge in [0.1, 0.15) is 30.1 Å². The minimum atomic E-state index is 0.0776. The molecule has 0 fully saturated rings. The van der Waals surface area contributed by atoms with Gasteiger partial charge in [0.05, 0.1) is 0 Å². The standard InChI is InChI=1S/C45H32N2O/c1-2-33-18-20-34(21-19-33)32-48-42-28-26-40(27-29-42)45(37-16-10-5-11-17-37)44(36-14-8-4-9-15-36)39-24-22-38(23-25-39)43(41(30-46)31-47)35-12-6-3-7-13-35/h2-29H,1,32H2/b45-44-. The van der Waals surface area contributed by atoms with Gasteiger partial charge in [-0.15, -0.1) is 0 Å². The van der Waals surface area contributed by atoms with E-state index in [1.165, 1.54) is 0 Å². The molecule has 228 valence electrons. The Balaban J connectivity index is 1.45. The Hall–Kier alpha value is -6.68. The van der Waals surface area contributed by atoms with Crippen molar-refractivity contribution in [3.63, 3.8) is 0 Å². The molecule has 0 unspecified atom stereocenters. The summed E-state index contributed by atoms with van der Waals surface area (Å²) in [6.07, 6.45) is 1.83. The van der Waals surface area contributed by atoms with Crippen LogP contribution in [0.25, 0.3) is 22.8 Å². The summed E-state index contributed by atoms with van der Waals surface area (Å²) in [7, 11) is 0. The fraction of sp³-hybridized carbons (Fsp3) is 0.0222. The highest BCUT2D eigenvalue weighted by Gasteiger charge is 2.18. The summed E-state index contributed by atoms with van der Waals surface area (Å²) < 4.78 is 6.15. The highest BCUT2D eigenvalue weighted by atomic mass is 16.5. The first-order chi connectivity index (χ1) is 23.7. The summed E-state index contributed by atoms with van der Waals surface area (Å²) in [4.78, 5) is 0. The van der Waals surface area contributed by atoms with Crippen molar-refractivity contribution >= 4 is 22.8 Å². The number of nitrogens with zero attached hydrogens (tertiary/aromatic N) is 2. The lowest BCUT2D eigenvalue weighted by atomic mass is 9.85. The molecule has 0 saturated carbocycles. The van der Waals surface area contributed by atoms with E-state index in [0.717, 1.165) is 61.4 Å². The van der Waals surface area contributed by atoms with Crippen LogP contribution in [0.15, 0.2) is 176 Å². The van der Waals surface area contributed by atoms with Gasteiger partial charge in [-0.05, 0) is 67.8 Å². The fourth-order valence-corrected chi connectivity index (χ4v) is 5.76. The minimum absolute atomic E-state index is 0.0776. The average Bonchev–Trinajstić information content (AvgIpc) is 3.17. The van der Waals surface area contributed by atoms with Gasteiger partial charge in [0.25, 0.3) is 0 Å². The molecule has 0 aliphatic rings. The third kappa shape index (κ3) is 7.08. The van der Waals surface area contributed by atoms with E-state index in [9.17, 15) is 10.5 Å². The van der Waals surface area contributed by atoms with Crippen LogP contribution in [0.1, 0.15) is 44.5 Å². The molecule has 0 spiro atoms. The van der Waals surface area contributed by atoms with Gasteiger partial charge in [-0.25, -0.2) is 0 Å². The third-order valence-electron chi connectivity index (χ3n) is 8.14. The van der Waals surface area contributed by atoms with Crippen molar-refractivity contribution in [2.45, 2.75) is 6.61 Å². The number of hydrogen-bond donors (Lipinski definition) is 0. The molecule has 0 bridgehead atoms. The molecule has 3 nitrogen and oxygen atoms in total. The first-order valence-corrected chi connectivity index (χ1v) is 15.7. The van der Waals surface area contributed by atoms with E-state index < -0.39 is 0 Å². The van der Waals surface area contributed by atoms with Crippen molar-refractivity contribution in [1.29, 1.82) is 10.5 Å². The van der Waals surface area contributed by atoms with Gasteiger partial charge < -0.3 is 4.74 Å². The minimum Gasteiger partial charge on any atom is -0.489 e. The van der Waals surface area contributed by atoms with Gasteiger partial charge in [-0.1, -0.05) is 164 Å². The van der Waals surface area contributed by atoms with Crippen molar-refractivity contribution < 1.29 is 4.74 Å². The molecule has 0 aliphatic carbocycles. The molecule has 0 aliphatic heterocycles. The molecule has 0 saturated heterocycles.